The molecule has 0 aliphatic rings. The molecule has 0 saturated heterocycles. The summed E-state index contributed by atoms with van der Waals surface area (Å²) >= 11 is 0. The molecular formula is C16H18FN3O3. The number of carboxylic acids is 1. The lowest BCUT2D eigenvalue weighted by Gasteiger charge is -2.18. The topological polar surface area (TPSA) is 75.4 Å². The Morgan fingerprint density at radius 3 is 2.70 bits per heavy atom. The first-order valence-corrected chi connectivity index (χ1v) is 7.10. The van der Waals surface area contributed by atoms with E-state index >= 15 is 0 Å². The van der Waals surface area contributed by atoms with E-state index in [-0.39, 0.29) is 24.0 Å². The van der Waals surface area contributed by atoms with Gasteiger partial charge in [-0.25, -0.2) is 9.07 Å². The van der Waals surface area contributed by atoms with Gasteiger partial charge < -0.3 is 10.0 Å². The Hall–Kier alpha value is -2.70. The van der Waals surface area contributed by atoms with Crippen LogP contribution in [0.5, 0.6) is 0 Å². The molecule has 0 saturated carbocycles. The third-order valence-corrected chi connectivity index (χ3v) is 3.53. The van der Waals surface area contributed by atoms with E-state index in [9.17, 15) is 14.0 Å². The number of amides is 1. The van der Waals surface area contributed by atoms with Crippen LogP contribution in [0.3, 0.4) is 0 Å². The van der Waals surface area contributed by atoms with Crippen molar-refractivity contribution >= 4 is 11.9 Å². The molecule has 0 radical (unpaired) electrons. The number of carbonyl (C=O) groups is 2. The van der Waals surface area contributed by atoms with Crippen molar-refractivity contribution < 1.29 is 19.1 Å². The Kier molecular flexibility index (Phi) is 4.78. The van der Waals surface area contributed by atoms with Crippen molar-refractivity contribution in [2.75, 3.05) is 13.6 Å². The summed E-state index contributed by atoms with van der Waals surface area (Å²) in [6, 6.07) is 5.85. The third-order valence-electron chi connectivity index (χ3n) is 3.53. The van der Waals surface area contributed by atoms with E-state index in [1.165, 1.54) is 35.7 Å². The zero-order valence-electron chi connectivity index (χ0n) is 13.2. The van der Waals surface area contributed by atoms with Gasteiger partial charge in [-0.1, -0.05) is 6.92 Å². The summed E-state index contributed by atoms with van der Waals surface area (Å²) in [5.41, 5.74) is 1.57. The maximum absolute atomic E-state index is 13.2. The minimum Gasteiger partial charge on any atom is -0.481 e. The number of aliphatic carboxylic acids is 1. The fourth-order valence-electron chi connectivity index (χ4n) is 2.22. The van der Waals surface area contributed by atoms with Crippen molar-refractivity contribution in [3.05, 3.63) is 47.5 Å². The summed E-state index contributed by atoms with van der Waals surface area (Å²) in [6.45, 7) is 3.38. The molecule has 23 heavy (non-hydrogen) atoms. The highest BCUT2D eigenvalue weighted by Gasteiger charge is 2.20. The maximum Gasteiger partial charge on any atom is 0.308 e. The van der Waals surface area contributed by atoms with Crippen LogP contribution in [0.25, 0.3) is 5.69 Å². The number of hydrogen-bond acceptors (Lipinski definition) is 3. The minimum atomic E-state index is -0.961. The first-order valence-electron chi connectivity index (χ1n) is 7.10. The van der Waals surface area contributed by atoms with E-state index in [1.807, 2.05) is 0 Å². The molecule has 1 aromatic heterocycles. The molecule has 0 fully saturated rings. The molecule has 1 N–H and O–H groups in total. The molecule has 7 heteroatoms. The summed E-state index contributed by atoms with van der Waals surface area (Å²) in [5.74, 6) is -2.32. The van der Waals surface area contributed by atoms with Gasteiger partial charge in [0.2, 0.25) is 0 Å². The number of carbonyl (C=O) groups excluding carboxylic acids is 1. The smallest absolute Gasteiger partial charge is 0.308 e. The number of halogens is 1. The average molecular weight is 319 g/mol. The lowest BCUT2D eigenvalue weighted by molar-refractivity contribution is -0.141. The number of nitrogens with zero attached hydrogens (tertiary/aromatic N) is 3. The molecule has 1 heterocycles. The molecule has 2 aromatic rings. The lowest BCUT2D eigenvalue weighted by atomic mass is 10.2. The molecule has 122 valence electrons. The molecule has 0 aliphatic heterocycles. The van der Waals surface area contributed by atoms with Crippen molar-refractivity contribution in [2.45, 2.75) is 13.8 Å². The summed E-state index contributed by atoms with van der Waals surface area (Å²) < 4.78 is 14.6. The van der Waals surface area contributed by atoms with Crippen LogP contribution in [-0.4, -0.2) is 45.3 Å². The molecule has 2 rings (SSSR count). The van der Waals surface area contributed by atoms with Crippen LogP contribution in [0, 0.1) is 18.7 Å². The van der Waals surface area contributed by atoms with E-state index in [0.29, 0.717) is 11.3 Å². The van der Waals surface area contributed by atoms with Crippen LogP contribution < -0.4 is 0 Å². The van der Waals surface area contributed by atoms with E-state index in [4.69, 9.17) is 5.11 Å². The van der Waals surface area contributed by atoms with E-state index in [0.717, 1.165) is 0 Å². The van der Waals surface area contributed by atoms with Crippen molar-refractivity contribution in [1.29, 1.82) is 0 Å². The van der Waals surface area contributed by atoms with Crippen LogP contribution >= 0.6 is 0 Å². The first-order chi connectivity index (χ1) is 10.8. The predicted molar refractivity (Wildman–Crippen MR) is 82.0 cm³/mol. The van der Waals surface area contributed by atoms with Gasteiger partial charge in [0.05, 0.1) is 11.6 Å². The molecule has 1 amide bonds. The van der Waals surface area contributed by atoms with Gasteiger partial charge in [-0.3, -0.25) is 9.59 Å². The van der Waals surface area contributed by atoms with Gasteiger partial charge in [-0.15, -0.1) is 0 Å². The van der Waals surface area contributed by atoms with Gasteiger partial charge in [-0.2, -0.15) is 5.10 Å². The molecule has 0 bridgehead atoms. The number of aromatic nitrogens is 2. The Morgan fingerprint density at radius 2 is 2.09 bits per heavy atom. The van der Waals surface area contributed by atoms with Crippen LogP contribution in [-0.2, 0) is 4.79 Å². The van der Waals surface area contributed by atoms with Gasteiger partial charge in [0.25, 0.3) is 5.91 Å². The summed E-state index contributed by atoms with van der Waals surface area (Å²) in [7, 11) is 1.53. The second kappa shape index (κ2) is 6.60. The average Bonchev–Trinajstić information content (AvgIpc) is 2.95. The minimum absolute atomic E-state index is 0.0939. The standard InChI is InChI=1S/C16H18FN3O3/c1-10-8-12(17)4-5-14(10)20-7-6-13(18-20)15(21)19(3)9-11(2)16(22)23/h4-8,11H,9H2,1-3H3,(H,22,23). The molecular weight excluding hydrogens is 301 g/mol. The van der Waals surface area contributed by atoms with Gasteiger partial charge in [0.15, 0.2) is 5.69 Å². The second-order valence-corrected chi connectivity index (χ2v) is 5.50. The van der Waals surface area contributed by atoms with Crippen LogP contribution in [0.2, 0.25) is 0 Å². The Bertz CT molecular complexity index is 742. The number of carboxylic acid groups (broad SMARTS) is 1. The SMILES string of the molecule is Cc1cc(F)ccc1-n1ccc(C(=O)N(C)CC(C)C(=O)O)n1. The van der Waals surface area contributed by atoms with Gasteiger partial charge in [0.1, 0.15) is 5.82 Å². The third kappa shape index (κ3) is 3.74. The van der Waals surface area contributed by atoms with E-state index in [1.54, 1.807) is 25.3 Å². The van der Waals surface area contributed by atoms with Gasteiger partial charge >= 0.3 is 5.97 Å². The Balaban J connectivity index is 2.18. The van der Waals surface area contributed by atoms with Gasteiger partial charge in [-0.05, 0) is 36.8 Å². The number of rotatable bonds is 5. The van der Waals surface area contributed by atoms with Crippen molar-refractivity contribution in [2.24, 2.45) is 5.92 Å². The summed E-state index contributed by atoms with van der Waals surface area (Å²) in [4.78, 5) is 24.5. The predicted octanol–water partition coefficient (Wildman–Crippen LogP) is 2.11. The summed E-state index contributed by atoms with van der Waals surface area (Å²) in [5, 5.41) is 13.1. The quantitative estimate of drug-likeness (QED) is 0.916. The van der Waals surface area contributed by atoms with E-state index < -0.39 is 11.9 Å². The van der Waals surface area contributed by atoms with Crippen LogP contribution in [0.1, 0.15) is 23.0 Å². The normalized spacial score (nSPS) is 12.0. The largest absolute Gasteiger partial charge is 0.481 e. The van der Waals surface area contributed by atoms with Crippen LogP contribution in [0.4, 0.5) is 4.39 Å². The Morgan fingerprint density at radius 1 is 1.39 bits per heavy atom. The zero-order valence-corrected chi connectivity index (χ0v) is 13.2. The van der Waals surface area contributed by atoms with Crippen molar-refractivity contribution in [3.8, 4) is 5.69 Å². The molecule has 1 atom stereocenters. The Labute approximate surface area is 133 Å². The number of hydrogen-bond donors (Lipinski definition) is 1. The molecule has 0 spiro atoms. The highest BCUT2D eigenvalue weighted by Crippen LogP contribution is 2.15. The van der Waals surface area contributed by atoms with Crippen molar-refractivity contribution in [1.82, 2.24) is 14.7 Å². The maximum atomic E-state index is 13.2. The van der Waals surface area contributed by atoms with Gasteiger partial charge in [0, 0.05) is 19.8 Å². The monoisotopic (exact) mass is 319 g/mol. The highest BCUT2D eigenvalue weighted by molar-refractivity contribution is 5.92. The molecule has 1 aromatic carbocycles. The summed E-state index contributed by atoms with van der Waals surface area (Å²) in [6.07, 6.45) is 1.61. The van der Waals surface area contributed by atoms with Crippen LogP contribution in [0.15, 0.2) is 30.5 Å². The number of benzene rings is 1. The van der Waals surface area contributed by atoms with Crippen molar-refractivity contribution in [3.63, 3.8) is 0 Å². The molecule has 1 unspecified atom stereocenters. The fourth-order valence-corrected chi connectivity index (χ4v) is 2.22. The van der Waals surface area contributed by atoms with E-state index in [2.05, 4.69) is 5.10 Å². The number of aryl methyl sites for hydroxylation is 1. The second-order valence-electron chi connectivity index (χ2n) is 5.50. The molecule has 6 nitrogen and oxygen atoms in total. The fraction of sp³-hybridized carbons (Fsp3) is 0.312. The lowest BCUT2D eigenvalue weighted by Crippen LogP contribution is -2.34. The molecule has 0 aliphatic carbocycles. The zero-order chi connectivity index (χ0) is 17.1. The highest BCUT2D eigenvalue weighted by atomic mass is 19.1. The first kappa shape index (κ1) is 16.7.